The van der Waals surface area contributed by atoms with Gasteiger partial charge in [0.05, 0.1) is 10.6 Å². The Hall–Kier alpha value is -1.52. The molecule has 2 aromatic rings. The molecule has 2 aromatic carbocycles. The van der Waals surface area contributed by atoms with E-state index >= 15 is 0 Å². The zero-order valence-electron chi connectivity index (χ0n) is 11.9. The lowest BCUT2D eigenvalue weighted by Crippen LogP contribution is -2.35. The maximum Gasteiger partial charge on any atom is 0.264 e. The molecular formula is C16H16ClNO2S. The van der Waals surface area contributed by atoms with Gasteiger partial charge in [-0.05, 0) is 56.2 Å². The van der Waals surface area contributed by atoms with Gasteiger partial charge in [0.25, 0.3) is 10.0 Å². The Balaban J connectivity index is 2.10. The molecule has 0 aromatic heterocycles. The van der Waals surface area contributed by atoms with Crippen LogP contribution < -0.4 is 4.31 Å². The summed E-state index contributed by atoms with van der Waals surface area (Å²) in [7, 11) is -3.54. The second-order valence-electron chi connectivity index (χ2n) is 5.44. The third-order valence-corrected chi connectivity index (χ3v) is 5.95. The molecule has 0 spiro atoms. The van der Waals surface area contributed by atoms with Crippen molar-refractivity contribution in [1.82, 2.24) is 0 Å². The first-order chi connectivity index (χ1) is 9.89. The van der Waals surface area contributed by atoms with Crippen LogP contribution in [0.4, 0.5) is 5.69 Å². The molecule has 0 N–H and O–H groups in total. The minimum Gasteiger partial charge on any atom is -0.263 e. The summed E-state index contributed by atoms with van der Waals surface area (Å²) in [5.41, 5.74) is 2.74. The van der Waals surface area contributed by atoms with E-state index in [1.165, 1.54) is 4.31 Å². The number of benzene rings is 2. The molecule has 110 valence electrons. The number of fused-ring (bicyclic) bond motifs is 1. The Bertz CT molecular complexity index is 784. The summed E-state index contributed by atoms with van der Waals surface area (Å²) in [6.45, 7) is 3.85. The van der Waals surface area contributed by atoms with E-state index in [0.29, 0.717) is 16.3 Å². The van der Waals surface area contributed by atoms with Gasteiger partial charge in [-0.25, -0.2) is 8.42 Å². The molecule has 3 rings (SSSR count). The van der Waals surface area contributed by atoms with E-state index < -0.39 is 10.0 Å². The van der Waals surface area contributed by atoms with Gasteiger partial charge in [0.1, 0.15) is 0 Å². The molecule has 5 heteroatoms. The van der Waals surface area contributed by atoms with Crippen molar-refractivity contribution in [3.63, 3.8) is 0 Å². The Morgan fingerprint density at radius 1 is 1.14 bits per heavy atom. The monoisotopic (exact) mass is 321 g/mol. The molecule has 0 amide bonds. The predicted molar refractivity (Wildman–Crippen MR) is 85.5 cm³/mol. The molecule has 1 unspecified atom stereocenters. The number of halogens is 1. The first-order valence-corrected chi connectivity index (χ1v) is 8.61. The van der Waals surface area contributed by atoms with Gasteiger partial charge in [-0.1, -0.05) is 29.3 Å². The van der Waals surface area contributed by atoms with Crippen LogP contribution in [-0.4, -0.2) is 14.5 Å². The second-order valence-corrected chi connectivity index (χ2v) is 7.69. The highest BCUT2D eigenvalue weighted by atomic mass is 35.5. The van der Waals surface area contributed by atoms with E-state index in [2.05, 4.69) is 0 Å². The fourth-order valence-electron chi connectivity index (χ4n) is 2.76. The van der Waals surface area contributed by atoms with E-state index in [4.69, 9.17) is 11.6 Å². The van der Waals surface area contributed by atoms with Gasteiger partial charge in [-0.15, -0.1) is 0 Å². The van der Waals surface area contributed by atoms with Gasteiger partial charge in [-0.2, -0.15) is 0 Å². The summed E-state index contributed by atoms with van der Waals surface area (Å²) in [4.78, 5) is 0.322. The van der Waals surface area contributed by atoms with Crippen molar-refractivity contribution in [2.24, 2.45) is 0 Å². The van der Waals surface area contributed by atoms with Crippen molar-refractivity contribution in [1.29, 1.82) is 0 Å². The molecule has 0 bridgehead atoms. The lowest BCUT2D eigenvalue weighted by atomic mass is 10.1. The van der Waals surface area contributed by atoms with Crippen LogP contribution in [0.5, 0.6) is 0 Å². The van der Waals surface area contributed by atoms with Crippen molar-refractivity contribution < 1.29 is 8.42 Å². The number of sulfonamides is 1. The number of rotatable bonds is 2. The minimum absolute atomic E-state index is 0.107. The summed E-state index contributed by atoms with van der Waals surface area (Å²) in [6, 6.07) is 12.2. The van der Waals surface area contributed by atoms with Crippen LogP contribution in [-0.2, 0) is 16.4 Å². The second kappa shape index (κ2) is 5.04. The van der Waals surface area contributed by atoms with E-state index in [-0.39, 0.29) is 6.04 Å². The third-order valence-electron chi connectivity index (χ3n) is 3.77. The molecular weight excluding hydrogens is 306 g/mol. The number of aryl methyl sites for hydroxylation is 1. The van der Waals surface area contributed by atoms with E-state index in [1.807, 2.05) is 32.0 Å². The van der Waals surface area contributed by atoms with Gasteiger partial charge in [0.2, 0.25) is 0 Å². The summed E-state index contributed by atoms with van der Waals surface area (Å²) in [5, 5.41) is 0.635. The Labute approximate surface area is 130 Å². The van der Waals surface area contributed by atoms with Crippen LogP contribution in [0.25, 0.3) is 0 Å². The van der Waals surface area contributed by atoms with Crippen LogP contribution in [0.3, 0.4) is 0 Å². The SMILES string of the molecule is Cc1ccc(S(=O)(=O)N2c3ccc(Cl)cc3CC2C)cc1. The molecule has 1 atom stereocenters. The average molecular weight is 322 g/mol. The molecule has 0 saturated carbocycles. The molecule has 3 nitrogen and oxygen atoms in total. The molecule has 0 radical (unpaired) electrons. The molecule has 1 heterocycles. The Morgan fingerprint density at radius 2 is 1.81 bits per heavy atom. The molecule has 1 aliphatic rings. The maximum absolute atomic E-state index is 12.9. The van der Waals surface area contributed by atoms with Crippen molar-refractivity contribution >= 4 is 27.3 Å². The number of anilines is 1. The van der Waals surface area contributed by atoms with Crippen molar-refractivity contribution in [3.05, 3.63) is 58.6 Å². The quantitative estimate of drug-likeness (QED) is 0.844. The zero-order chi connectivity index (χ0) is 15.2. The van der Waals surface area contributed by atoms with E-state index in [0.717, 1.165) is 16.8 Å². The lowest BCUT2D eigenvalue weighted by Gasteiger charge is -2.24. The van der Waals surface area contributed by atoms with Crippen molar-refractivity contribution in [3.8, 4) is 0 Å². The normalized spacial score (nSPS) is 17.9. The highest BCUT2D eigenvalue weighted by Crippen LogP contribution is 2.37. The zero-order valence-corrected chi connectivity index (χ0v) is 13.4. The van der Waals surface area contributed by atoms with Gasteiger partial charge in [-0.3, -0.25) is 4.31 Å². The predicted octanol–water partition coefficient (Wildman–Crippen LogP) is 3.79. The molecule has 0 aliphatic carbocycles. The Morgan fingerprint density at radius 3 is 2.48 bits per heavy atom. The minimum atomic E-state index is -3.54. The molecule has 0 fully saturated rings. The van der Waals surface area contributed by atoms with Gasteiger partial charge < -0.3 is 0 Å². The average Bonchev–Trinajstić information content (AvgIpc) is 2.74. The third kappa shape index (κ3) is 2.43. The number of hydrogen-bond acceptors (Lipinski definition) is 2. The van der Waals surface area contributed by atoms with Crippen LogP contribution in [0.15, 0.2) is 47.4 Å². The topological polar surface area (TPSA) is 37.4 Å². The summed E-state index contributed by atoms with van der Waals surface area (Å²) < 4.78 is 27.3. The largest absolute Gasteiger partial charge is 0.264 e. The molecule has 21 heavy (non-hydrogen) atoms. The highest BCUT2D eigenvalue weighted by molar-refractivity contribution is 7.92. The first-order valence-electron chi connectivity index (χ1n) is 6.79. The number of nitrogens with zero attached hydrogens (tertiary/aromatic N) is 1. The highest BCUT2D eigenvalue weighted by Gasteiger charge is 2.35. The summed E-state index contributed by atoms with van der Waals surface area (Å²) in [6.07, 6.45) is 0.682. The number of hydrogen-bond donors (Lipinski definition) is 0. The van der Waals surface area contributed by atoms with Crippen molar-refractivity contribution in [2.45, 2.75) is 31.2 Å². The maximum atomic E-state index is 12.9. The van der Waals surface area contributed by atoms with Crippen molar-refractivity contribution in [2.75, 3.05) is 4.31 Å². The fraction of sp³-hybridized carbons (Fsp3) is 0.250. The van der Waals surface area contributed by atoms with Crippen LogP contribution in [0.1, 0.15) is 18.1 Å². The Kier molecular flexibility index (Phi) is 3.46. The molecule has 0 saturated heterocycles. The van der Waals surface area contributed by atoms with Crippen LogP contribution in [0.2, 0.25) is 5.02 Å². The van der Waals surface area contributed by atoms with Crippen LogP contribution >= 0.6 is 11.6 Å². The van der Waals surface area contributed by atoms with E-state index in [9.17, 15) is 8.42 Å². The van der Waals surface area contributed by atoms with Crippen LogP contribution in [0, 0.1) is 6.92 Å². The first kappa shape index (κ1) is 14.4. The lowest BCUT2D eigenvalue weighted by molar-refractivity contribution is 0.584. The summed E-state index contributed by atoms with van der Waals surface area (Å²) in [5.74, 6) is 0. The fourth-order valence-corrected chi connectivity index (χ4v) is 4.65. The van der Waals surface area contributed by atoms with E-state index in [1.54, 1.807) is 24.3 Å². The van der Waals surface area contributed by atoms with Gasteiger partial charge in [0.15, 0.2) is 0 Å². The van der Waals surface area contributed by atoms with Gasteiger partial charge >= 0.3 is 0 Å². The smallest absolute Gasteiger partial charge is 0.263 e. The summed E-state index contributed by atoms with van der Waals surface area (Å²) >= 11 is 6.00. The van der Waals surface area contributed by atoms with Gasteiger partial charge in [0, 0.05) is 11.1 Å². The molecule has 1 aliphatic heterocycles. The standard InChI is InChI=1S/C16H16ClNO2S/c1-11-3-6-15(7-4-11)21(19,20)18-12(2)9-13-10-14(17)5-8-16(13)18/h3-8,10,12H,9H2,1-2H3.